The summed E-state index contributed by atoms with van der Waals surface area (Å²) < 4.78 is 21.6. The van der Waals surface area contributed by atoms with Crippen LogP contribution in [0.4, 0.5) is 0 Å². The Hall–Kier alpha value is -1.15. The zero-order chi connectivity index (χ0) is 28.1. The second-order valence-electron chi connectivity index (χ2n) is 8.60. The molecule has 2 fully saturated rings. The summed E-state index contributed by atoms with van der Waals surface area (Å²) in [5.74, 6) is -3.88. The number of aliphatic hydroxyl groups excluding tert-OH is 5. The molecule has 0 saturated carbocycles. The van der Waals surface area contributed by atoms with Gasteiger partial charge in [0.2, 0.25) is 12.2 Å². The van der Waals surface area contributed by atoms with Crippen LogP contribution in [0.15, 0.2) is 30.3 Å². The molecule has 0 spiro atoms. The maximum Gasteiger partial charge on any atom is 1.00 e. The summed E-state index contributed by atoms with van der Waals surface area (Å²) in [7, 11) is 0. The monoisotopic (exact) mass is 587 g/mol. The number of hydrogen-bond donors (Lipinski definition) is 6. The molecule has 0 bridgehead atoms. The van der Waals surface area contributed by atoms with Crippen molar-refractivity contribution < 1.29 is 128 Å². The predicted octanol–water partition coefficient (Wildman–Crippen LogP) is -11.6. The van der Waals surface area contributed by atoms with Gasteiger partial charge >= 0.3 is 59.1 Å². The van der Waals surface area contributed by atoms with Gasteiger partial charge in [-0.25, -0.2) is 0 Å². The Morgan fingerprint density at radius 3 is 2.10 bits per heavy atom. The Balaban J connectivity index is 0.00000400. The van der Waals surface area contributed by atoms with Gasteiger partial charge in [0.15, 0.2) is 6.29 Å². The Labute approximate surface area is 272 Å². The fourth-order valence-electron chi connectivity index (χ4n) is 3.97. The molecule has 210 valence electrons. The second kappa shape index (κ2) is 16.5. The second-order valence-corrected chi connectivity index (χ2v) is 8.60. The van der Waals surface area contributed by atoms with E-state index in [0.29, 0.717) is 5.56 Å². The van der Waals surface area contributed by atoms with Crippen molar-refractivity contribution in [1.29, 1.82) is 0 Å². The molecule has 2 heterocycles. The normalized spacial score (nSPS) is 33.8. The topological polar surface area (TPSA) is 247 Å². The van der Waals surface area contributed by atoms with Crippen molar-refractivity contribution in [3.05, 3.63) is 35.9 Å². The quantitative estimate of drug-likeness (QED) is 0.116. The summed E-state index contributed by atoms with van der Waals surface area (Å²) in [6, 6.07) is 4.16. The van der Waals surface area contributed by atoms with Gasteiger partial charge in [-0.05, 0) is 23.8 Å². The van der Waals surface area contributed by atoms with Crippen LogP contribution < -0.4 is 79.4 Å². The van der Waals surface area contributed by atoms with E-state index in [-0.39, 0.29) is 64.9 Å². The number of rotatable bonds is 9. The number of carbonyl (C=O) groups excluding carboxylic acids is 3. The van der Waals surface area contributed by atoms with Gasteiger partial charge in [0.25, 0.3) is 0 Å². The van der Waals surface area contributed by atoms with Gasteiger partial charge in [0.1, 0.15) is 54.5 Å². The van der Waals surface area contributed by atoms with Gasteiger partial charge in [0, 0.05) is 6.92 Å². The van der Waals surface area contributed by atoms with Crippen molar-refractivity contribution in [2.45, 2.75) is 68.3 Å². The molecule has 40 heavy (non-hydrogen) atoms. The van der Waals surface area contributed by atoms with E-state index >= 15 is 0 Å². The van der Waals surface area contributed by atoms with Crippen LogP contribution in [0, 0.1) is 0 Å². The Bertz CT molecular complexity index is 1030. The number of nitrogens with one attached hydrogen (secondary N) is 1. The van der Waals surface area contributed by atoms with E-state index in [1.54, 1.807) is 0 Å². The van der Waals surface area contributed by atoms with Gasteiger partial charge in [-0.1, -0.05) is 18.2 Å². The van der Waals surface area contributed by atoms with Crippen LogP contribution in [0.5, 0.6) is 5.75 Å². The van der Waals surface area contributed by atoms with Crippen LogP contribution in [-0.4, -0.2) is 111 Å². The number of carboxylic acid groups (broad SMARTS) is 2. The molecule has 3 rings (SSSR count). The molecule has 2 saturated heterocycles. The SMILES string of the molecule is CC(=O)N[C@H]1[C@@H](O[C@H]2[C@H](O)[C@@H](O)[C@H](Oc3ccc(/C=C/C(=O)[O-])cc3)O[C@@H]2C(=O)[O-])O[C@H](CO)[C@@H](O)[C@@H]1O.[Na+].[Na+]. The number of carboxylic acids is 2. The van der Waals surface area contributed by atoms with E-state index in [2.05, 4.69) is 5.32 Å². The summed E-state index contributed by atoms with van der Waals surface area (Å²) in [5, 5.41) is 75.9. The first-order valence-corrected chi connectivity index (χ1v) is 11.4. The Morgan fingerprint density at radius 2 is 1.57 bits per heavy atom. The van der Waals surface area contributed by atoms with Crippen molar-refractivity contribution in [2.24, 2.45) is 0 Å². The first kappa shape index (κ1) is 36.9. The molecule has 1 aromatic rings. The number of benzene rings is 1. The van der Waals surface area contributed by atoms with E-state index in [1.807, 2.05) is 0 Å². The predicted molar refractivity (Wildman–Crippen MR) is 117 cm³/mol. The number of hydrogen-bond acceptors (Lipinski definition) is 14. The van der Waals surface area contributed by atoms with Gasteiger partial charge < -0.3 is 69.6 Å². The minimum absolute atomic E-state index is 0. The zero-order valence-electron chi connectivity index (χ0n) is 21.9. The smallest absolute Gasteiger partial charge is 0.547 e. The number of carbonyl (C=O) groups is 3. The molecular formula is C23H27NNa2O14. The average molecular weight is 587 g/mol. The molecule has 17 heteroatoms. The largest absolute Gasteiger partial charge is 1.00 e. The number of amides is 1. The first-order valence-electron chi connectivity index (χ1n) is 11.4. The maximum absolute atomic E-state index is 11.9. The molecule has 0 radical (unpaired) electrons. The van der Waals surface area contributed by atoms with E-state index in [1.165, 1.54) is 30.3 Å². The van der Waals surface area contributed by atoms with Gasteiger partial charge in [-0.2, -0.15) is 0 Å². The van der Waals surface area contributed by atoms with Crippen molar-refractivity contribution in [3.63, 3.8) is 0 Å². The minimum Gasteiger partial charge on any atom is -0.547 e. The zero-order valence-corrected chi connectivity index (χ0v) is 25.9. The van der Waals surface area contributed by atoms with E-state index in [0.717, 1.165) is 13.0 Å². The van der Waals surface area contributed by atoms with Crippen molar-refractivity contribution in [2.75, 3.05) is 6.61 Å². The summed E-state index contributed by atoms with van der Waals surface area (Å²) in [6.07, 6.45) is -13.9. The molecule has 2 aliphatic rings. The van der Waals surface area contributed by atoms with Crippen LogP contribution in [0.25, 0.3) is 6.08 Å². The molecule has 0 aliphatic carbocycles. The maximum atomic E-state index is 11.9. The van der Waals surface area contributed by atoms with Crippen LogP contribution in [0.2, 0.25) is 0 Å². The Morgan fingerprint density at radius 1 is 0.950 bits per heavy atom. The van der Waals surface area contributed by atoms with Crippen molar-refractivity contribution in [1.82, 2.24) is 5.32 Å². The fraction of sp³-hybridized carbons (Fsp3) is 0.522. The van der Waals surface area contributed by atoms with Gasteiger partial charge in [0.05, 0.1) is 18.5 Å². The molecule has 2 aliphatic heterocycles. The van der Waals surface area contributed by atoms with Gasteiger partial charge in [-0.3, -0.25) is 4.79 Å². The van der Waals surface area contributed by atoms with Crippen LogP contribution in [0.1, 0.15) is 12.5 Å². The van der Waals surface area contributed by atoms with Crippen LogP contribution >= 0.6 is 0 Å². The molecule has 0 aromatic heterocycles. The summed E-state index contributed by atoms with van der Waals surface area (Å²) in [5.41, 5.74) is 0.461. The van der Waals surface area contributed by atoms with E-state index < -0.39 is 85.8 Å². The third-order valence-electron chi connectivity index (χ3n) is 5.86. The third kappa shape index (κ3) is 9.17. The molecule has 1 amide bonds. The number of aliphatic hydroxyl groups is 5. The minimum atomic E-state index is -2.05. The van der Waals surface area contributed by atoms with E-state index in [9.17, 15) is 50.1 Å². The Kier molecular flexibility index (Phi) is 15.2. The molecule has 10 atom stereocenters. The third-order valence-corrected chi connectivity index (χ3v) is 5.86. The summed E-state index contributed by atoms with van der Waals surface area (Å²) in [6.45, 7) is 0.313. The van der Waals surface area contributed by atoms with E-state index in [4.69, 9.17) is 18.9 Å². The molecule has 15 nitrogen and oxygen atoms in total. The summed E-state index contributed by atoms with van der Waals surface area (Å²) >= 11 is 0. The van der Waals surface area contributed by atoms with Crippen LogP contribution in [-0.2, 0) is 28.6 Å². The average Bonchev–Trinajstić information content (AvgIpc) is 2.86. The molecule has 1 aromatic carbocycles. The molecular weight excluding hydrogens is 560 g/mol. The van der Waals surface area contributed by atoms with Crippen molar-refractivity contribution >= 4 is 23.9 Å². The first-order chi connectivity index (χ1) is 17.9. The molecule has 0 unspecified atom stereocenters. The van der Waals surface area contributed by atoms with Crippen molar-refractivity contribution in [3.8, 4) is 5.75 Å². The fourth-order valence-corrected chi connectivity index (χ4v) is 3.97. The molecule has 6 N–H and O–H groups in total. The number of ether oxygens (including phenoxy) is 4. The standard InChI is InChI=1S/C23H29NO14.2Na/c1-9(26)24-14-16(30)15(29)12(8-25)36-22(14)37-19-17(31)18(32)23(38-20(19)21(33)34)35-11-5-2-10(3-6-11)4-7-13(27)28;;/h2-7,12,14-20,22-23,25,29-32H,8H2,1H3,(H,24,26)(H,27,28)(H,33,34);;/q;2*+1/p-2/b7-4+;;/t12-,14-,15-,16-,17-,18-,19+,20+,22-,23-;;/m1../s1. The number of aliphatic carboxylic acids is 2. The van der Waals surface area contributed by atoms with Gasteiger partial charge in [-0.15, -0.1) is 0 Å². The summed E-state index contributed by atoms with van der Waals surface area (Å²) in [4.78, 5) is 34.0. The van der Waals surface area contributed by atoms with Crippen LogP contribution in [0.3, 0.4) is 0 Å².